The Morgan fingerprint density at radius 3 is 2.37 bits per heavy atom. The number of primary amides is 1. The van der Waals surface area contributed by atoms with Gasteiger partial charge < -0.3 is 37.0 Å². The summed E-state index contributed by atoms with van der Waals surface area (Å²) >= 11 is 0. The van der Waals surface area contributed by atoms with Crippen LogP contribution in [-0.4, -0.2) is 55.2 Å². The van der Waals surface area contributed by atoms with Gasteiger partial charge in [-0.1, -0.05) is 12.1 Å². The number of carbonyl (C=O) groups excluding carboxylic acids is 3. The van der Waals surface area contributed by atoms with Crippen LogP contribution in [0.4, 0.5) is 0 Å². The van der Waals surface area contributed by atoms with Crippen LogP contribution in [0.3, 0.4) is 0 Å². The molecule has 10 nitrogen and oxygen atoms in total. The molecule has 30 heavy (non-hydrogen) atoms. The normalized spacial score (nSPS) is 35.7. The molecule has 1 fully saturated rings. The van der Waals surface area contributed by atoms with Crippen molar-refractivity contribution in [2.24, 2.45) is 29.2 Å². The van der Waals surface area contributed by atoms with Gasteiger partial charge in [0.15, 0.2) is 11.6 Å². The fourth-order valence-electron chi connectivity index (χ4n) is 5.07. The van der Waals surface area contributed by atoms with Gasteiger partial charge in [-0.3, -0.25) is 14.4 Å². The minimum absolute atomic E-state index is 0.0624. The number of phenolic OH excluding ortho intramolecular Hbond substituents is 1. The third-order valence-corrected chi connectivity index (χ3v) is 6.43. The SMILES string of the molecule is CC1(O)c2cccc(O)c2C(O)=C2C(=O)C3C(=O)C(C(N)=O)=C(O)C(N)C3C(O)C21. The number of fused-ring (bicyclic) bond motifs is 3. The number of aliphatic hydroxyl groups excluding tert-OH is 3. The van der Waals surface area contributed by atoms with E-state index in [1.165, 1.54) is 25.1 Å². The maximum absolute atomic E-state index is 13.3. The van der Waals surface area contributed by atoms with Gasteiger partial charge in [-0.25, -0.2) is 0 Å². The van der Waals surface area contributed by atoms with Gasteiger partial charge in [0.25, 0.3) is 5.91 Å². The first-order valence-electron chi connectivity index (χ1n) is 9.16. The number of nitrogens with two attached hydrogens (primary N) is 2. The highest BCUT2D eigenvalue weighted by atomic mass is 16.3. The summed E-state index contributed by atoms with van der Waals surface area (Å²) in [6.07, 6.45) is -1.66. The van der Waals surface area contributed by atoms with E-state index in [2.05, 4.69) is 0 Å². The molecule has 3 aliphatic rings. The van der Waals surface area contributed by atoms with Crippen molar-refractivity contribution in [3.05, 3.63) is 46.2 Å². The molecule has 1 amide bonds. The molecule has 9 N–H and O–H groups in total. The van der Waals surface area contributed by atoms with Crippen molar-refractivity contribution in [3.63, 3.8) is 0 Å². The van der Waals surface area contributed by atoms with Gasteiger partial charge in [-0.15, -0.1) is 0 Å². The molecule has 0 heterocycles. The van der Waals surface area contributed by atoms with Crippen molar-refractivity contribution in [2.75, 3.05) is 0 Å². The first-order valence-corrected chi connectivity index (χ1v) is 9.16. The molecule has 0 radical (unpaired) electrons. The third-order valence-electron chi connectivity index (χ3n) is 6.43. The van der Waals surface area contributed by atoms with Crippen LogP contribution in [0, 0.1) is 17.8 Å². The van der Waals surface area contributed by atoms with Crippen LogP contribution in [0.1, 0.15) is 18.1 Å². The molecule has 0 bridgehead atoms. The Morgan fingerprint density at radius 1 is 1.13 bits per heavy atom. The smallest absolute Gasteiger partial charge is 0.255 e. The fraction of sp³-hybridized carbons (Fsp3) is 0.350. The van der Waals surface area contributed by atoms with E-state index in [0.717, 1.165) is 0 Å². The number of rotatable bonds is 1. The molecule has 158 valence electrons. The van der Waals surface area contributed by atoms with Crippen LogP contribution in [0.5, 0.6) is 5.75 Å². The van der Waals surface area contributed by atoms with E-state index >= 15 is 0 Å². The van der Waals surface area contributed by atoms with Crippen LogP contribution in [0.15, 0.2) is 35.1 Å². The Labute approximate surface area is 169 Å². The van der Waals surface area contributed by atoms with Crippen LogP contribution in [0.25, 0.3) is 5.76 Å². The summed E-state index contributed by atoms with van der Waals surface area (Å²) in [7, 11) is 0. The van der Waals surface area contributed by atoms with E-state index < -0.39 is 81.4 Å². The van der Waals surface area contributed by atoms with Gasteiger partial charge in [0.2, 0.25) is 0 Å². The number of benzene rings is 1. The highest BCUT2D eigenvalue weighted by Gasteiger charge is 2.62. The number of aromatic hydroxyl groups is 1. The standard InChI is InChI=1S/C20H20N2O8/c1-20(30)5-3-2-4-6(23)7(5)14(24)10-12(20)17(27)8-9(15(10)25)16(26)11(19(22)29)18(28)13(8)21/h2-4,8-9,12-13,17,23-24,27-28,30H,21H2,1H3,(H2,22,29). The quantitative estimate of drug-likeness (QED) is 0.218. The molecule has 6 unspecified atom stereocenters. The first kappa shape index (κ1) is 20.1. The first-order chi connectivity index (χ1) is 13.9. The van der Waals surface area contributed by atoms with E-state index in [4.69, 9.17) is 11.5 Å². The Morgan fingerprint density at radius 2 is 1.77 bits per heavy atom. The maximum atomic E-state index is 13.3. The molecule has 0 spiro atoms. The summed E-state index contributed by atoms with van der Waals surface area (Å²) in [5.41, 5.74) is 7.73. The second-order valence-corrected chi connectivity index (χ2v) is 8.01. The van der Waals surface area contributed by atoms with Crippen LogP contribution in [-0.2, 0) is 20.0 Å². The predicted molar refractivity (Wildman–Crippen MR) is 101 cm³/mol. The Kier molecular flexibility index (Phi) is 4.11. The maximum Gasteiger partial charge on any atom is 0.255 e. The van der Waals surface area contributed by atoms with E-state index in [0.29, 0.717) is 0 Å². The van der Waals surface area contributed by atoms with Crippen molar-refractivity contribution in [2.45, 2.75) is 24.7 Å². The molecule has 3 aliphatic carbocycles. The van der Waals surface area contributed by atoms with E-state index in [1.807, 2.05) is 0 Å². The average molecular weight is 416 g/mol. The summed E-state index contributed by atoms with van der Waals surface area (Å²) in [6, 6.07) is 2.59. The van der Waals surface area contributed by atoms with Crippen molar-refractivity contribution in [1.82, 2.24) is 0 Å². The lowest BCUT2D eigenvalue weighted by Crippen LogP contribution is -2.63. The number of phenols is 1. The van der Waals surface area contributed by atoms with Gasteiger partial charge in [-0.2, -0.15) is 0 Å². The molecule has 10 heteroatoms. The second-order valence-electron chi connectivity index (χ2n) is 8.01. The zero-order valence-corrected chi connectivity index (χ0v) is 15.7. The molecular formula is C20H20N2O8. The van der Waals surface area contributed by atoms with Gasteiger partial charge in [0.05, 0.1) is 35.1 Å². The van der Waals surface area contributed by atoms with Gasteiger partial charge in [-0.05, 0) is 18.6 Å². The molecule has 1 aromatic rings. The van der Waals surface area contributed by atoms with Crippen LogP contribution in [0.2, 0.25) is 0 Å². The van der Waals surface area contributed by atoms with Gasteiger partial charge in [0, 0.05) is 11.5 Å². The monoisotopic (exact) mass is 416 g/mol. The molecule has 4 rings (SSSR count). The predicted octanol–water partition coefficient (Wildman–Crippen LogP) is -1.12. The van der Waals surface area contributed by atoms with Crippen molar-refractivity contribution in [1.29, 1.82) is 0 Å². The van der Waals surface area contributed by atoms with E-state index in [-0.39, 0.29) is 11.1 Å². The lowest BCUT2D eigenvalue weighted by molar-refractivity contribution is -0.149. The largest absolute Gasteiger partial charge is 0.510 e. The number of hydrogen-bond acceptors (Lipinski definition) is 9. The summed E-state index contributed by atoms with van der Waals surface area (Å²) in [5, 5.41) is 53.6. The van der Waals surface area contributed by atoms with E-state index in [1.54, 1.807) is 0 Å². The summed E-state index contributed by atoms with van der Waals surface area (Å²) in [5.74, 6) is -9.83. The number of Topliss-reactive ketones (excluding diaryl/α,β-unsaturated/α-hetero) is 2. The van der Waals surface area contributed by atoms with Crippen LogP contribution < -0.4 is 11.5 Å². The fourth-order valence-corrected chi connectivity index (χ4v) is 5.07. The number of hydrogen-bond donors (Lipinski definition) is 7. The molecule has 6 atom stereocenters. The van der Waals surface area contributed by atoms with Crippen molar-refractivity contribution in [3.8, 4) is 5.75 Å². The van der Waals surface area contributed by atoms with Gasteiger partial charge in [0.1, 0.15) is 22.8 Å². The van der Waals surface area contributed by atoms with Crippen molar-refractivity contribution >= 4 is 23.2 Å². The molecule has 0 aromatic heterocycles. The molecular weight excluding hydrogens is 396 g/mol. The third kappa shape index (κ3) is 2.26. The Balaban J connectivity index is 2.00. The zero-order valence-electron chi connectivity index (χ0n) is 15.7. The van der Waals surface area contributed by atoms with Crippen LogP contribution >= 0.6 is 0 Å². The zero-order chi connectivity index (χ0) is 22.3. The molecule has 1 saturated carbocycles. The number of ketones is 2. The summed E-state index contributed by atoms with van der Waals surface area (Å²) < 4.78 is 0. The highest BCUT2D eigenvalue weighted by molar-refractivity contribution is 6.28. The topological polar surface area (TPSA) is 204 Å². The molecule has 0 saturated heterocycles. The molecule has 0 aliphatic heterocycles. The van der Waals surface area contributed by atoms with Gasteiger partial charge >= 0.3 is 0 Å². The Hall–Kier alpha value is -3.21. The molecule has 1 aromatic carbocycles. The lowest BCUT2D eigenvalue weighted by Gasteiger charge is -2.51. The number of carbonyl (C=O) groups is 3. The average Bonchev–Trinajstić information content (AvgIpc) is 2.65. The highest BCUT2D eigenvalue weighted by Crippen LogP contribution is 2.55. The van der Waals surface area contributed by atoms with E-state index in [9.17, 15) is 39.9 Å². The number of aliphatic hydroxyl groups is 4. The lowest BCUT2D eigenvalue weighted by atomic mass is 9.55. The minimum atomic E-state index is -1.94. The Bertz CT molecular complexity index is 1090. The second kappa shape index (κ2) is 6.14. The summed E-state index contributed by atoms with van der Waals surface area (Å²) in [4.78, 5) is 37.8. The minimum Gasteiger partial charge on any atom is -0.510 e. The summed E-state index contributed by atoms with van der Waals surface area (Å²) in [6.45, 7) is 1.29. The number of amides is 1. The van der Waals surface area contributed by atoms with Crippen molar-refractivity contribution < 1.29 is 39.9 Å².